The maximum Gasteiger partial charge on any atom is 0.331 e. The van der Waals surface area contributed by atoms with Crippen molar-refractivity contribution in [2.24, 2.45) is 13.0 Å². The van der Waals surface area contributed by atoms with Gasteiger partial charge in [0.15, 0.2) is 0 Å². The molecule has 4 rings (SSSR count). The van der Waals surface area contributed by atoms with Crippen molar-refractivity contribution >= 4 is 39.4 Å². The van der Waals surface area contributed by atoms with Gasteiger partial charge in [-0.2, -0.15) is 0 Å². The normalized spacial score (nSPS) is 11.6. The molecule has 0 saturated heterocycles. The topological polar surface area (TPSA) is 86.2 Å². The number of rotatable bonds is 9. The van der Waals surface area contributed by atoms with E-state index in [2.05, 4.69) is 24.3 Å². The van der Waals surface area contributed by atoms with Crippen molar-refractivity contribution in [2.75, 3.05) is 5.75 Å². The fraction of sp³-hybridized carbons (Fsp3) is 0.346. The van der Waals surface area contributed by atoms with Crippen LogP contribution in [-0.2, 0) is 24.9 Å². The highest BCUT2D eigenvalue weighted by Gasteiger charge is 2.21. The van der Waals surface area contributed by atoms with Gasteiger partial charge in [-0.3, -0.25) is 18.7 Å². The standard InChI is InChI=1S/C26H29N3O4S/c1-17(2)14-29-21-16-28(15-19-10-6-9-18-8-4-5-11-20(18)19)25(34-13-7-12-22(30)31)23(21)24(32)27(3)26(29)33/h4-6,8-11,16-17H,7,12-15H2,1-3H3,(H,30,31). The van der Waals surface area contributed by atoms with Crippen LogP contribution >= 0.6 is 11.8 Å². The average molecular weight is 480 g/mol. The summed E-state index contributed by atoms with van der Waals surface area (Å²) in [4.78, 5) is 37.2. The van der Waals surface area contributed by atoms with Gasteiger partial charge in [0.1, 0.15) is 0 Å². The summed E-state index contributed by atoms with van der Waals surface area (Å²) in [7, 11) is 1.52. The Kier molecular flexibility index (Phi) is 6.97. The Hall–Kier alpha value is -3.26. The summed E-state index contributed by atoms with van der Waals surface area (Å²) in [5.41, 5.74) is 1.09. The molecule has 2 aromatic carbocycles. The number of hydrogen-bond acceptors (Lipinski definition) is 4. The smallest absolute Gasteiger partial charge is 0.331 e. The SMILES string of the molecule is CC(C)Cn1c(=O)n(C)c(=O)c2c(SCCCC(=O)O)n(Cc3cccc4ccccc34)cc21. The number of thioether (sulfide) groups is 1. The van der Waals surface area contributed by atoms with Crippen molar-refractivity contribution in [3.05, 3.63) is 75.1 Å². The van der Waals surface area contributed by atoms with Gasteiger partial charge in [-0.05, 0) is 28.7 Å². The number of nitrogens with zero attached hydrogens (tertiary/aromatic N) is 3. The largest absolute Gasteiger partial charge is 0.481 e. The lowest BCUT2D eigenvalue weighted by Crippen LogP contribution is -2.38. The van der Waals surface area contributed by atoms with Crippen LogP contribution in [0.1, 0.15) is 32.3 Å². The molecule has 0 spiro atoms. The van der Waals surface area contributed by atoms with Crippen LogP contribution < -0.4 is 11.2 Å². The minimum Gasteiger partial charge on any atom is -0.481 e. The summed E-state index contributed by atoms with van der Waals surface area (Å²) in [5.74, 6) is -0.0438. The highest BCUT2D eigenvalue weighted by atomic mass is 32.2. The molecular weight excluding hydrogens is 450 g/mol. The molecule has 0 saturated carbocycles. The van der Waals surface area contributed by atoms with E-state index in [1.54, 1.807) is 4.57 Å². The molecule has 0 fully saturated rings. The monoisotopic (exact) mass is 479 g/mol. The fourth-order valence-electron chi connectivity index (χ4n) is 4.29. The molecule has 178 valence electrons. The molecule has 8 heteroatoms. The van der Waals surface area contributed by atoms with E-state index in [-0.39, 0.29) is 23.6 Å². The molecule has 4 aromatic rings. The van der Waals surface area contributed by atoms with Crippen LogP contribution in [0.5, 0.6) is 0 Å². The second kappa shape index (κ2) is 9.93. The first kappa shape index (κ1) is 23.9. The van der Waals surface area contributed by atoms with Crippen molar-refractivity contribution in [3.8, 4) is 0 Å². The fourth-order valence-corrected chi connectivity index (χ4v) is 5.39. The van der Waals surface area contributed by atoms with Gasteiger partial charge in [0, 0.05) is 38.5 Å². The Morgan fingerprint density at radius 3 is 2.56 bits per heavy atom. The molecule has 7 nitrogen and oxygen atoms in total. The number of aromatic nitrogens is 3. The lowest BCUT2D eigenvalue weighted by Gasteiger charge is -2.12. The number of carbonyl (C=O) groups is 1. The average Bonchev–Trinajstić information content (AvgIpc) is 3.16. The number of fused-ring (bicyclic) bond motifs is 2. The van der Waals surface area contributed by atoms with Crippen molar-refractivity contribution in [1.82, 2.24) is 13.7 Å². The molecule has 34 heavy (non-hydrogen) atoms. The quantitative estimate of drug-likeness (QED) is 0.285. The van der Waals surface area contributed by atoms with E-state index < -0.39 is 5.97 Å². The lowest BCUT2D eigenvalue weighted by molar-refractivity contribution is -0.137. The molecule has 0 aliphatic heterocycles. The zero-order valence-corrected chi connectivity index (χ0v) is 20.5. The first-order chi connectivity index (χ1) is 16.3. The van der Waals surface area contributed by atoms with Gasteiger partial charge in [-0.25, -0.2) is 4.79 Å². The zero-order chi connectivity index (χ0) is 24.4. The summed E-state index contributed by atoms with van der Waals surface area (Å²) in [6, 6.07) is 14.3. The minimum absolute atomic E-state index is 0.0744. The molecule has 0 radical (unpaired) electrons. The maximum absolute atomic E-state index is 13.3. The first-order valence-electron chi connectivity index (χ1n) is 11.4. The van der Waals surface area contributed by atoms with E-state index in [0.717, 1.165) is 21.4 Å². The van der Waals surface area contributed by atoms with Gasteiger partial charge < -0.3 is 9.67 Å². The Morgan fingerprint density at radius 1 is 1.09 bits per heavy atom. The number of carboxylic acids is 1. The molecule has 2 heterocycles. The molecule has 2 aromatic heterocycles. The van der Waals surface area contributed by atoms with E-state index >= 15 is 0 Å². The van der Waals surface area contributed by atoms with Crippen LogP contribution in [0.15, 0.2) is 63.3 Å². The zero-order valence-electron chi connectivity index (χ0n) is 19.7. The van der Waals surface area contributed by atoms with Gasteiger partial charge in [-0.1, -0.05) is 56.3 Å². The third-order valence-electron chi connectivity index (χ3n) is 5.88. The van der Waals surface area contributed by atoms with E-state index in [1.165, 1.54) is 23.4 Å². The molecule has 0 amide bonds. The Morgan fingerprint density at radius 2 is 1.82 bits per heavy atom. The van der Waals surface area contributed by atoms with Crippen LogP contribution in [-0.4, -0.2) is 30.5 Å². The number of benzene rings is 2. The predicted molar refractivity (Wildman–Crippen MR) is 137 cm³/mol. The van der Waals surface area contributed by atoms with Crippen LogP contribution in [0.25, 0.3) is 21.7 Å². The lowest BCUT2D eigenvalue weighted by atomic mass is 10.0. The number of carboxylic acid groups (broad SMARTS) is 1. The van der Waals surface area contributed by atoms with Crippen LogP contribution in [0.2, 0.25) is 0 Å². The van der Waals surface area contributed by atoms with Gasteiger partial charge in [0.2, 0.25) is 0 Å². The van der Waals surface area contributed by atoms with E-state index in [1.807, 2.05) is 42.8 Å². The van der Waals surface area contributed by atoms with Crippen molar-refractivity contribution in [2.45, 2.75) is 44.8 Å². The first-order valence-corrected chi connectivity index (χ1v) is 12.4. The van der Waals surface area contributed by atoms with Crippen molar-refractivity contribution in [1.29, 1.82) is 0 Å². The summed E-state index contributed by atoms with van der Waals surface area (Å²) in [5, 5.41) is 12.6. The van der Waals surface area contributed by atoms with Crippen molar-refractivity contribution < 1.29 is 9.90 Å². The highest BCUT2D eigenvalue weighted by molar-refractivity contribution is 7.99. The summed E-state index contributed by atoms with van der Waals surface area (Å²) in [6.07, 6.45) is 2.47. The second-order valence-corrected chi connectivity index (χ2v) is 10.0. The molecule has 0 unspecified atom stereocenters. The Bertz CT molecular complexity index is 1470. The van der Waals surface area contributed by atoms with Gasteiger partial charge in [0.25, 0.3) is 5.56 Å². The Balaban J connectivity index is 1.89. The second-order valence-electron chi connectivity index (χ2n) is 8.96. The van der Waals surface area contributed by atoms with Crippen LogP contribution in [0.3, 0.4) is 0 Å². The molecule has 0 atom stereocenters. The predicted octanol–water partition coefficient (Wildman–Crippen LogP) is 4.32. The van der Waals surface area contributed by atoms with Crippen LogP contribution in [0.4, 0.5) is 0 Å². The molecule has 0 bridgehead atoms. The van der Waals surface area contributed by atoms with Gasteiger partial charge >= 0.3 is 11.7 Å². The molecule has 0 aliphatic rings. The van der Waals surface area contributed by atoms with E-state index in [0.29, 0.717) is 36.2 Å². The van der Waals surface area contributed by atoms with Crippen molar-refractivity contribution in [3.63, 3.8) is 0 Å². The van der Waals surface area contributed by atoms with Crippen LogP contribution in [0, 0.1) is 5.92 Å². The number of hydrogen-bond donors (Lipinski definition) is 1. The third-order valence-corrected chi connectivity index (χ3v) is 7.08. The van der Waals surface area contributed by atoms with E-state index in [9.17, 15) is 14.4 Å². The maximum atomic E-state index is 13.3. The number of aliphatic carboxylic acids is 1. The summed E-state index contributed by atoms with van der Waals surface area (Å²) in [6.45, 7) is 5.12. The Labute approximate surface area is 201 Å². The van der Waals surface area contributed by atoms with E-state index in [4.69, 9.17) is 5.11 Å². The summed E-state index contributed by atoms with van der Waals surface area (Å²) >= 11 is 1.48. The molecule has 1 N–H and O–H groups in total. The molecular formula is C26H29N3O4S. The van der Waals surface area contributed by atoms with Gasteiger partial charge in [-0.15, -0.1) is 11.8 Å². The molecule has 0 aliphatic carbocycles. The third kappa shape index (κ3) is 4.68. The summed E-state index contributed by atoms with van der Waals surface area (Å²) < 4.78 is 4.89. The highest BCUT2D eigenvalue weighted by Crippen LogP contribution is 2.30. The minimum atomic E-state index is -0.835. The van der Waals surface area contributed by atoms with Gasteiger partial charge in [0.05, 0.1) is 15.9 Å².